The molecule has 5 aromatic rings. The van der Waals surface area contributed by atoms with Crippen LogP contribution in [0.1, 0.15) is 11.1 Å². The van der Waals surface area contributed by atoms with E-state index < -0.39 is 0 Å². The third-order valence-corrected chi connectivity index (χ3v) is 5.23. The highest BCUT2D eigenvalue weighted by atomic mass is 16.5. The predicted octanol–water partition coefficient (Wildman–Crippen LogP) is 6.42. The van der Waals surface area contributed by atoms with Gasteiger partial charge in [-0.05, 0) is 40.1 Å². The van der Waals surface area contributed by atoms with Gasteiger partial charge in [-0.1, -0.05) is 78.9 Å². The molecule has 0 spiro atoms. The molecule has 0 N–H and O–H groups in total. The molecule has 0 atom stereocenters. The summed E-state index contributed by atoms with van der Waals surface area (Å²) in [7, 11) is 0. The molecule has 0 aliphatic rings. The lowest BCUT2D eigenvalue weighted by Gasteiger charge is -2.11. The molecule has 5 rings (SSSR count). The van der Waals surface area contributed by atoms with E-state index >= 15 is 0 Å². The van der Waals surface area contributed by atoms with E-state index in [0.29, 0.717) is 6.61 Å². The Bertz CT molecular complexity index is 1230. The van der Waals surface area contributed by atoms with Gasteiger partial charge in [-0.2, -0.15) is 0 Å². The Balaban J connectivity index is 1.46. The van der Waals surface area contributed by atoms with Crippen LogP contribution in [0, 0.1) is 0 Å². The number of ether oxygens (including phenoxy) is 1. The molecule has 28 heavy (non-hydrogen) atoms. The van der Waals surface area contributed by atoms with Gasteiger partial charge in [0.2, 0.25) is 0 Å². The van der Waals surface area contributed by atoms with Crippen molar-refractivity contribution in [2.75, 3.05) is 0 Å². The van der Waals surface area contributed by atoms with Gasteiger partial charge in [-0.25, -0.2) is 0 Å². The number of nitrogens with zero attached hydrogens (tertiary/aromatic N) is 1. The van der Waals surface area contributed by atoms with Crippen LogP contribution in [-0.4, -0.2) is 4.57 Å². The summed E-state index contributed by atoms with van der Waals surface area (Å²) in [5.74, 6) is 0.929. The summed E-state index contributed by atoms with van der Waals surface area (Å²) in [6, 6.07) is 33.8. The molecule has 2 heteroatoms. The highest BCUT2D eigenvalue weighted by molar-refractivity contribution is 5.88. The summed E-state index contributed by atoms with van der Waals surface area (Å²) in [5, 5.41) is 3.74. The van der Waals surface area contributed by atoms with Crippen molar-refractivity contribution in [1.82, 2.24) is 4.57 Å². The Morgan fingerprint density at radius 2 is 1.43 bits per heavy atom. The largest absolute Gasteiger partial charge is 0.488 e. The molecule has 0 radical (unpaired) electrons. The lowest BCUT2D eigenvalue weighted by Crippen LogP contribution is -1.99. The lowest BCUT2D eigenvalue weighted by molar-refractivity contribution is 0.310. The molecule has 0 aliphatic heterocycles. The molecule has 4 aromatic carbocycles. The summed E-state index contributed by atoms with van der Waals surface area (Å²) in [6.45, 7) is 1.42. The number of benzene rings is 4. The molecule has 0 amide bonds. The summed E-state index contributed by atoms with van der Waals surface area (Å²) < 4.78 is 8.42. The highest BCUT2D eigenvalue weighted by Gasteiger charge is 2.09. The first-order chi connectivity index (χ1) is 13.9. The van der Waals surface area contributed by atoms with Crippen LogP contribution in [0.3, 0.4) is 0 Å². The Morgan fingerprint density at radius 3 is 2.36 bits per heavy atom. The summed E-state index contributed by atoms with van der Waals surface area (Å²) in [5.41, 5.74) is 3.69. The zero-order valence-electron chi connectivity index (χ0n) is 15.6. The van der Waals surface area contributed by atoms with Crippen molar-refractivity contribution in [3.8, 4) is 5.75 Å². The lowest BCUT2D eigenvalue weighted by atomic mass is 10.0. The highest BCUT2D eigenvalue weighted by Crippen LogP contribution is 2.29. The maximum atomic E-state index is 6.13. The van der Waals surface area contributed by atoms with Crippen molar-refractivity contribution >= 4 is 21.7 Å². The Morgan fingerprint density at radius 1 is 0.643 bits per heavy atom. The molecule has 0 unspecified atom stereocenters. The van der Waals surface area contributed by atoms with Gasteiger partial charge in [-0.15, -0.1) is 0 Å². The van der Waals surface area contributed by atoms with E-state index in [-0.39, 0.29) is 0 Å². The minimum atomic E-state index is 0.578. The maximum absolute atomic E-state index is 6.13. The number of aromatic nitrogens is 1. The Kier molecular flexibility index (Phi) is 4.30. The van der Waals surface area contributed by atoms with Crippen LogP contribution >= 0.6 is 0 Å². The van der Waals surface area contributed by atoms with Gasteiger partial charge in [0, 0.05) is 18.1 Å². The van der Waals surface area contributed by atoms with Gasteiger partial charge < -0.3 is 9.30 Å². The van der Waals surface area contributed by atoms with Crippen LogP contribution in [0.4, 0.5) is 0 Å². The quantitative estimate of drug-likeness (QED) is 0.351. The average Bonchev–Trinajstić information content (AvgIpc) is 3.17. The van der Waals surface area contributed by atoms with Crippen molar-refractivity contribution in [3.63, 3.8) is 0 Å². The van der Waals surface area contributed by atoms with Gasteiger partial charge in [0.05, 0.1) is 5.52 Å². The Labute approximate surface area is 164 Å². The summed E-state index contributed by atoms with van der Waals surface area (Å²) in [6.07, 6.45) is 2.15. The second kappa shape index (κ2) is 7.24. The topological polar surface area (TPSA) is 14.2 Å². The zero-order valence-corrected chi connectivity index (χ0v) is 15.6. The predicted molar refractivity (Wildman–Crippen MR) is 116 cm³/mol. The zero-order chi connectivity index (χ0) is 18.8. The Hall–Kier alpha value is -3.52. The number of hydrogen-bond acceptors (Lipinski definition) is 1. The average molecular weight is 363 g/mol. The SMILES string of the molecule is c1ccc(COc2cccc3c2ccn3Cc2cccc3ccccc23)cc1. The van der Waals surface area contributed by atoms with Crippen LogP contribution in [-0.2, 0) is 13.2 Å². The first-order valence-corrected chi connectivity index (χ1v) is 9.60. The molecule has 1 aromatic heterocycles. The smallest absolute Gasteiger partial charge is 0.129 e. The molecular weight excluding hydrogens is 342 g/mol. The van der Waals surface area contributed by atoms with Crippen LogP contribution in [0.2, 0.25) is 0 Å². The molecule has 0 saturated heterocycles. The number of rotatable bonds is 5. The number of hydrogen-bond donors (Lipinski definition) is 0. The first kappa shape index (κ1) is 16.6. The van der Waals surface area contributed by atoms with Gasteiger partial charge in [0.25, 0.3) is 0 Å². The molecule has 1 heterocycles. The number of fused-ring (bicyclic) bond motifs is 2. The summed E-state index contributed by atoms with van der Waals surface area (Å²) in [4.78, 5) is 0. The summed E-state index contributed by atoms with van der Waals surface area (Å²) >= 11 is 0. The van der Waals surface area contributed by atoms with E-state index in [9.17, 15) is 0 Å². The molecule has 0 fully saturated rings. The fourth-order valence-corrected chi connectivity index (χ4v) is 3.81. The monoisotopic (exact) mass is 363 g/mol. The molecule has 136 valence electrons. The normalized spacial score (nSPS) is 11.1. The van der Waals surface area contributed by atoms with Crippen molar-refractivity contribution in [1.29, 1.82) is 0 Å². The fraction of sp³-hybridized carbons (Fsp3) is 0.0769. The van der Waals surface area contributed by atoms with Crippen molar-refractivity contribution in [2.24, 2.45) is 0 Å². The molecule has 0 bridgehead atoms. The van der Waals surface area contributed by atoms with Crippen LogP contribution in [0.25, 0.3) is 21.7 Å². The van der Waals surface area contributed by atoms with Crippen LogP contribution in [0.5, 0.6) is 5.75 Å². The van der Waals surface area contributed by atoms with Crippen molar-refractivity contribution in [2.45, 2.75) is 13.2 Å². The van der Waals surface area contributed by atoms with Gasteiger partial charge in [0.1, 0.15) is 12.4 Å². The van der Waals surface area contributed by atoms with Gasteiger partial charge >= 0.3 is 0 Å². The van der Waals surface area contributed by atoms with E-state index in [2.05, 4.69) is 83.6 Å². The fourth-order valence-electron chi connectivity index (χ4n) is 3.81. The van der Waals surface area contributed by atoms with Crippen LogP contribution < -0.4 is 4.74 Å². The standard InChI is InChI=1S/C26H21NO/c1-2-8-20(9-3-1)19-28-26-15-7-14-25-24(26)16-17-27(25)18-22-12-6-11-21-10-4-5-13-23(21)22/h1-17H,18-19H2. The molecular formula is C26H21NO. The first-order valence-electron chi connectivity index (χ1n) is 9.60. The second-order valence-corrected chi connectivity index (χ2v) is 7.05. The maximum Gasteiger partial charge on any atom is 0.129 e. The van der Waals surface area contributed by atoms with E-state index in [4.69, 9.17) is 4.74 Å². The molecule has 0 saturated carbocycles. The third-order valence-electron chi connectivity index (χ3n) is 5.23. The third kappa shape index (κ3) is 3.14. The second-order valence-electron chi connectivity index (χ2n) is 7.05. The minimum absolute atomic E-state index is 0.578. The molecule has 2 nitrogen and oxygen atoms in total. The van der Waals surface area contributed by atoms with E-state index in [1.165, 1.54) is 27.4 Å². The van der Waals surface area contributed by atoms with E-state index in [1.807, 2.05) is 24.3 Å². The van der Waals surface area contributed by atoms with Crippen molar-refractivity contribution < 1.29 is 4.74 Å². The van der Waals surface area contributed by atoms with Crippen molar-refractivity contribution in [3.05, 3.63) is 114 Å². The molecule has 0 aliphatic carbocycles. The van der Waals surface area contributed by atoms with Gasteiger partial charge in [0.15, 0.2) is 0 Å². The van der Waals surface area contributed by atoms with Crippen LogP contribution in [0.15, 0.2) is 103 Å². The minimum Gasteiger partial charge on any atom is -0.488 e. The van der Waals surface area contributed by atoms with E-state index in [1.54, 1.807) is 0 Å². The van der Waals surface area contributed by atoms with Gasteiger partial charge in [-0.3, -0.25) is 0 Å². The van der Waals surface area contributed by atoms with E-state index in [0.717, 1.165) is 17.7 Å².